The first-order valence-electron chi connectivity index (χ1n) is 10.5. The number of hydrogen-bond donors (Lipinski definition) is 2. The lowest BCUT2D eigenvalue weighted by molar-refractivity contribution is -0.134. The number of hydrogen-bond acceptors (Lipinski definition) is 6. The summed E-state index contributed by atoms with van der Waals surface area (Å²) in [4.78, 5) is 31.3. The Morgan fingerprint density at radius 1 is 1.16 bits per heavy atom. The minimum atomic E-state index is -4.12. The first-order valence-corrected chi connectivity index (χ1v) is 12.7. The van der Waals surface area contributed by atoms with E-state index < -0.39 is 15.9 Å². The Balaban J connectivity index is 1.48. The standard InChI is InChI=1S/C20H26BrN5O5S/c21-14-2-3-16-15(12-14)19(18(23-16)20(22)28)32(29,30)26-7-6-25(17(27)13-26)5-1-4-24-8-10-31-11-9-24/h2-3,12,23H,1,4-11,13H2,(H2,22,28). The molecule has 2 fully saturated rings. The van der Waals surface area contributed by atoms with Crippen LogP contribution in [0.1, 0.15) is 16.9 Å². The van der Waals surface area contributed by atoms with Crippen LogP contribution in [0.5, 0.6) is 0 Å². The Morgan fingerprint density at radius 3 is 2.59 bits per heavy atom. The number of carbonyl (C=O) groups excluding carboxylic acids is 2. The SMILES string of the molecule is NC(=O)c1[nH]c2ccc(Br)cc2c1S(=O)(=O)N1CCN(CCCN2CCOCC2)C(=O)C1. The zero-order chi connectivity index (χ0) is 22.9. The van der Waals surface area contributed by atoms with E-state index in [-0.39, 0.29) is 29.6 Å². The Labute approximate surface area is 194 Å². The van der Waals surface area contributed by atoms with Gasteiger partial charge in [-0.15, -0.1) is 0 Å². The number of aromatic amines is 1. The molecular weight excluding hydrogens is 502 g/mol. The number of rotatable bonds is 7. The summed E-state index contributed by atoms with van der Waals surface area (Å²) in [5.74, 6) is -1.12. The third-order valence-electron chi connectivity index (χ3n) is 5.85. The molecule has 10 nitrogen and oxygen atoms in total. The van der Waals surface area contributed by atoms with Crippen LogP contribution < -0.4 is 5.73 Å². The van der Waals surface area contributed by atoms with E-state index in [1.807, 2.05) is 0 Å². The van der Waals surface area contributed by atoms with Crippen molar-refractivity contribution in [3.05, 3.63) is 28.4 Å². The number of morpholine rings is 1. The topological polar surface area (TPSA) is 129 Å². The minimum absolute atomic E-state index is 0.157. The number of carbonyl (C=O) groups is 2. The fourth-order valence-electron chi connectivity index (χ4n) is 4.15. The number of aromatic nitrogens is 1. The molecule has 2 amide bonds. The molecule has 1 aromatic heterocycles. The quantitative estimate of drug-likeness (QED) is 0.541. The average Bonchev–Trinajstić information content (AvgIpc) is 3.15. The fourth-order valence-corrected chi connectivity index (χ4v) is 6.23. The predicted octanol–water partition coefficient (Wildman–Crippen LogP) is 0.584. The summed E-state index contributed by atoms with van der Waals surface area (Å²) in [5.41, 5.74) is 5.75. The maximum atomic E-state index is 13.5. The van der Waals surface area contributed by atoms with Crippen LogP contribution in [0.3, 0.4) is 0 Å². The van der Waals surface area contributed by atoms with Gasteiger partial charge in [0.25, 0.3) is 5.91 Å². The van der Waals surface area contributed by atoms with Crippen molar-refractivity contribution in [1.29, 1.82) is 0 Å². The van der Waals surface area contributed by atoms with Gasteiger partial charge in [0.1, 0.15) is 10.6 Å². The van der Waals surface area contributed by atoms with Crippen molar-refractivity contribution in [1.82, 2.24) is 19.1 Å². The van der Waals surface area contributed by atoms with Crippen LogP contribution in [0.2, 0.25) is 0 Å². The molecule has 3 N–H and O–H groups in total. The molecule has 12 heteroatoms. The molecular formula is C20H26BrN5O5S. The second-order valence-corrected chi connectivity index (χ2v) is 10.7. The van der Waals surface area contributed by atoms with Gasteiger partial charge in [0, 0.05) is 54.6 Å². The van der Waals surface area contributed by atoms with E-state index in [4.69, 9.17) is 10.5 Å². The average molecular weight is 528 g/mol. The number of nitrogens with two attached hydrogens (primary N) is 1. The third kappa shape index (κ3) is 4.69. The van der Waals surface area contributed by atoms with E-state index in [1.165, 1.54) is 0 Å². The summed E-state index contributed by atoms with van der Waals surface area (Å²) < 4.78 is 34.1. The highest BCUT2D eigenvalue weighted by Gasteiger charge is 2.37. The number of piperazine rings is 1. The van der Waals surface area contributed by atoms with E-state index in [0.29, 0.717) is 28.5 Å². The van der Waals surface area contributed by atoms with Crippen molar-refractivity contribution in [2.24, 2.45) is 5.73 Å². The van der Waals surface area contributed by atoms with Gasteiger partial charge in [-0.05, 0) is 24.6 Å². The Kier molecular flexibility index (Phi) is 6.86. The number of H-pyrrole nitrogens is 1. The van der Waals surface area contributed by atoms with Gasteiger partial charge in [-0.2, -0.15) is 4.31 Å². The molecule has 2 aliphatic rings. The summed E-state index contributed by atoms with van der Waals surface area (Å²) in [6.07, 6.45) is 0.820. The van der Waals surface area contributed by atoms with Gasteiger partial charge in [0.2, 0.25) is 15.9 Å². The normalized spacial score (nSPS) is 19.0. The number of sulfonamides is 1. The number of nitrogens with one attached hydrogen (secondary N) is 1. The third-order valence-corrected chi connectivity index (χ3v) is 8.27. The van der Waals surface area contributed by atoms with E-state index >= 15 is 0 Å². The zero-order valence-electron chi connectivity index (χ0n) is 17.5. The lowest BCUT2D eigenvalue weighted by atomic mass is 10.2. The van der Waals surface area contributed by atoms with Crippen LogP contribution in [0.25, 0.3) is 10.9 Å². The molecule has 0 aliphatic carbocycles. The van der Waals surface area contributed by atoms with E-state index in [0.717, 1.165) is 43.6 Å². The number of fused-ring (bicyclic) bond motifs is 1. The van der Waals surface area contributed by atoms with E-state index in [2.05, 4.69) is 25.8 Å². The van der Waals surface area contributed by atoms with Gasteiger partial charge in [0.15, 0.2) is 0 Å². The first kappa shape index (κ1) is 23.2. The first-order chi connectivity index (χ1) is 15.3. The fraction of sp³-hybridized carbons (Fsp3) is 0.500. The van der Waals surface area contributed by atoms with Crippen LogP contribution in [0.4, 0.5) is 0 Å². The van der Waals surface area contributed by atoms with Crippen LogP contribution in [0, 0.1) is 0 Å². The maximum Gasteiger partial charge on any atom is 0.266 e. The lowest BCUT2D eigenvalue weighted by Crippen LogP contribution is -2.52. The molecule has 174 valence electrons. The molecule has 3 heterocycles. The molecule has 0 atom stereocenters. The molecule has 0 unspecified atom stereocenters. The number of ether oxygens (including phenoxy) is 1. The zero-order valence-corrected chi connectivity index (χ0v) is 20.0. The maximum absolute atomic E-state index is 13.5. The summed E-state index contributed by atoms with van der Waals surface area (Å²) in [5, 5.41) is 0.355. The largest absolute Gasteiger partial charge is 0.379 e. The number of primary amides is 1. The highest BCUT2D eigenvalue weighted by Crippen LogP contribution is 2.32. The summed E-state index contributed by atoms with van der Waals surface area (Å²) >= 11 is 3.34. The molecule has 0 saturated carbocycles. The lowest BCUT2D eigenvalue weighted by Gasteiger charge is -2.34. The van der Waals surface area contributed by atoms with Gasteiger partial charge >= 0.3 is 0 Å². The number of amides is 2. The van der Waals surface area contributed by atoms with Gasteiger partial charge in [0.05, 0.1) is 19.8 Å². The second kappa shape index (κ2) is 9.48. The van der Waals surface area contributed by atoms with Crippen LogP contribution in [0.15, 0.2) is 27.6 Å². The predicted molar refractivity (Wildman–Crippen MR) is 122 cm³/mol. The molecule has 0 bridgehead atoms. The highest BCUT2D eigenvalue weighted by molar-refractivity contribution is 9.10. The molecule has 0 radical (unpaired) electrons. The number of halogens is 1. The smallest absolute Gasteiger partial charge is 0.266 e. The van der Waals surface area contributed by atoms with Crippen LogP contribution >= 0.6 is 15.9 Å². The molecule has 4 rings (SSSR count). The molecule has 1 aromatic carbocycles. The molecule has 32 heavy (non-hydrogen) atoms. The van der Waals surface area contributed by atoms with Crippen LogP contribution in [-0.2, 0) is 19.6 Å². The summed E-state index contributed by atoms with van der Waals surface area (Å²) in [6.45, 7) is 4.90. The second-order valence-electron chi connectivity index (χ2n) is 7.91. The molecule has 0 spiro atoms. The van der Waals surface area contributed by atoms with Crippen molar-refractivity contribution >= 4 is 48.7 Å². The minimum Gasteiger partial charge on any atom is -0.379 e. The van der Waals surface area contributed by atoms with Crippen molar-refractivity contribution in [3.63, 3.8) is 0 Å². The van der Waals surface area contributed by atoms with Gasteiger partial charge < -0.3 is 20.4 Å². The monoisotopic (exact) mass is 527 g/mol. The molecule has 2 aliphatic heterocycles. The van der Waals surface area contributed by atoms with Crippen LogP contribution in [-0.4, -0.2) is 98.3 Å². The highest BCUT2D eigenvalue weighted by atomic mass is 79.9. The summed E-state index contributed by atoms with van der Waals surface area (Å²) in [7, 11) is -4.12. The molecule has 2 aromatic rings. The Hall–Kier alpha value is -1.99. The number of nitrogens with zero attached hydrogens (tertiary/aromatic N) is 3. The van der Waals surface area contributed by atoms with Gasteiger partial charge in [-0.3, -0.25) is 14.5 Å². The summed E-state index contributed by atoms with van der Waals surface area (Å²) in [6, 6.07) is 5.02. The van der Waals surface area contributed by atoms with E-state index in [1.54, 1.807) is 23.1 Å². The van der Waals surface area contributed by atoms with Crippen molar-refractivity contribution in [3.8, 4) is 0 Å². The van der Waals surface area contributed by atoms with Crippen molar-refractivity contribution < 1.29 is 22.7 Å². The Bertz CT molecular complexity index is 1130. The van der Waals surface area contributed by atoms with E-state index in [9.17, 15) is 18.0 Å². The van der Waals surface area contributed by atoms with Crippen molar-refractivity contribution in [2.45, 2.75) is 11.3 Å². The van der Waals surface area contributed by atoms with Crippen molar-refractivity contribution in [2.75, 3.05) is 59.0 Å². The van der Waals surface area contributed by atoms with Gasteiger partial charge in [-0.1, -0.05) is 15.9 Å². The Morgan fingerprint density at radius 2 is 1.91 bits per heavy atom. The molecule has 2 saturated heterocycles. The van der Waals surface area contributed by atoms with Gasteiger partial charge in [-0.25, -0.2) is 8.42 Å². The number of benzene rings is 1.